The molecule has 0 saturated carbocycles. The van der Waals surface area contributed by atoms with E-state index in [0.717, 1.165) is 13.1 Å². The Morgan fingerprint density at radius 1 is 0.957 bits per heavy atom. The van der Waals surface area contributed by atoms with Gasteiger partial charge in [-0.25, -0.2) is 0 Å². The predicted octanol–water partition coefficient (Wildman–Crippen LogP) is 4.63. The van der Waals surface area contributed by atoms with E-state index in [9.17, 15) is 0 Å². The third-order valence-corrected chi connectivity index (χ3v) is 3.82. The molecule has 0 saturated heterocycles. The smallest absolute Gasteiger partial charge is 0.0230 e. The van der Waals surface area contributed by atoms with Gasteiger partial charge in [0.1, 0.15) is 0 Å². The van der Waals surface area contributed by atoms with Crippen LogP contribution >= 0.6 is 0 Å². The zero-order valence-electron chi connectivity index (χ0n) is 15.2. The van der Waals surface area contributed by atoms with E-state index in [1.165, 1.54) is 36.1 Å². The first-order valence-electron chi connectivity index (χ1n) is 8.59. The Kier molecular flexibility index (Phi) is 10.0. The quantitative estimate of drug-likeness (QED) is 0.801. The summed E-state index contributed by atoms with van der Waals surface area (Å²) in [5, 5.41) is 3.12. The van der Waals surface area contributed by atoms with Crippen molar-refractivity contribution in [2.75, 3.05) is 20.6 Å². The van der Waals surface area contributed by atoms with E-state index in [-0.39, 0.29) is 0 Å². The maximum atomic E-state index is 3.12. The molecule has 0 atom stereocenters. The molecule has 0 spiro atoms. The maximum absolute atomic E-state index is 3.12. The minimum atomic E-state index is 0.965. The molecule has 2 rings (SSSR count). The summed E-state index contributed by atoms with van der Waals surface area (Å²) in [6.45, 7) is 7.60. The van der Waals surface area contributed by atoms with E-state index >= 15 is 0 Å². The molecular formula is C21H32N2. The van der Waals surface area contributed by atoms with Crippen LogP contribution in [0.25, 0.3) is 0 Å². The van der Waals surface area contributed by atoms with Crippen molar-refractivity contribution in [3.8, 4) is 0 Å². The third kappa shape index (κ3) is 8.53. The van der Waals surface area contributed by atoms with E-state index in [4.69, 9.17) is 0 Å². The highest BCUT2D eigenvalue weighted by molar-refractivity contribution is 5.25. The van der Waals surface area contributed by atoms with Crippen LogP contribution in [0.15, 0.2) is 54.6 Å². The number of hydrogen-bond acceptors (Lipinski definition) is 2. The van der Waals surface area contributed by atoms with Gasteiger partial charge in [0.15, 0.2) is 0 Å². The molecule has 0 radical (unpaired) electrons. The number of nitrogens with zero attached hydrogens (tertiary/aromatic N) is 1. The molecular weight excluding hydrogens is 280 g/mol. The molecule has 2 aromatic carbocycles. The molecule has 0 aliphatic carbocycles. The van der Waals surface area contributed by atoms with Crippen molar-refractivity contribution in [1.82, 2.24) is 10.2 Å². The molecule has 126 valence electrons. The molecule has 0 aromatic heterocycles. The molecule has 0 unspecified atom stereocenters. The molecule has 0 bridgehead atoms. The van der Waals surface area contributed by atoms with Crippen LogP contribution < -0.4 is 5.32 Å². The van der Waals surface area contributed by atoms with E-state index < -0.39 is 0 Å². The van der Waals surface area contributed by atoms with Crippen LogP contribution in [0, 0.1) is 6.92 Å². The van der Waals surface area contributed by atoms with Crippen molar-refractivity contribution in [1.29, 1.82) is 0 Å². The van der Waals surface area contributed by atoms with Crippen LogP contribution in [0.1, 0.15) is 36.5 Å². The van der Waals surface area contributed by atoms with Crippen molar-refractivity contribution in [3.63, 3.8) is 0 Å². The van der Waals surface area contributed by atoms with Gasteiger partial charge in [-0.2, -0.15) is 0 Å². The SMILES string of the molecule is CCCCN(C)Cc1ccccc1.CNCc1ccccc1C. The average molecular weight is 313 g/mol. The Bertz CT molecular complexity index is 522. The summed E-state index contributed by atoms with van der Waals surface area (Å²) in [6.07, 6.45) is 2.57. The summed E-state index contributed by atoms with van der Waals surface area (Å²) in [4.78, 5) is 2.37. The Morgan fingerprint density at radius 3 is 2.22 bits per heavy atom. The molecule has 2 nitrogen and oxygen atoms in total. The molecule has 0 amide bonds. The fourth-order valence-corrected chi connectivity index (χ4v) is 2.40. The molecule has 2 heteroatoms. The summed E-state index contributed by atoms with van der Waals surface area (Å²) >= 11 is 0. The minimum Gasteiger partial charge on any atom is -0.316 e. The fraction of sp³-hybridized carbons (Fsp3) is 0.429. The first-order chi connectivity index (χ1) is 11.2. The van der Waals surface area contributed by atoms with E-state index in [1.54, 1.807) is 0 Å². The molecule has 1 N–H and O–H groups in total. The number of rotatable bonds is 7. The molecule has 2 aromatic rings. The van der Waals surface area contributed by atoms with Gasteiger partial charge in [-0.15, -0.1) is 0 Å². The predicted molar refractivity (Wildman–Crippen MR) is 102 cm³/mol. The average Bonchev–Trinajstić information content (AvgIpc) is 2.57. The van der Waals surface area contributed by atoms with Crippen molar-refractivity contribution in [2.24, 2.45) is 0 Å². The molecule has 0 heterocycles. The zero-order chi connectivity index (χ0) is 16.9. The minimum absolute atomic E-state index is 0.965. The monoisotopic (exact) mass is 312 g/mol. The van der Waals surface area contributed by atoms with Crippen LogP contribution in [0.5, 0.6) is 0 Å². The van der Waals surface area contributed by atoms with Crippen LogP contribution in [0.3, 0.4) is 0 Å². The molecule has 0 aliphatic rings. The summed E-state index contributed by atoms with van der Waals surface area (Å²) in [7, 11) is 4.15. The van der Waals surface area contributed by atoms with E-state index in [1.807, 2.05) is 7.05 Å². The second-order valence-electron chi connectivity index (χ2n) is 6.03. The lowest BCUT2D eigenvalue weighted by Gasteiger charge is -2.15. The highest BCUT2D eigenvalue weighted by atomic mass is 15.1. The Hall–Kier alpha value is -1.64. The van der Waals surface area contributed by atoms with Crippen molar-refractivity contribution in [3.05, 3.63) is 71.3 Å². The highest BCUT2D eigenvalue weighted by Gasteiger charge is 1.97. The normalized spacial score (nSPS) is 10.3. The summed E-state index contributed by atoms with van der Waals surface area (Å²) in [5.74, 6) is 0. The first-order valence-corrected chi connectivity index (χ1v) is 8.59. The Labute approximate surface area is 142 Å². The Balaban J connectivity index is 0.000000238. The largest absolute Gasteiger partial charge is 0.316 e. The second-order valence-corrected chi connectivity index (χ2v) is 6.03. The summed E-state index contributed by atoms with van der Waals surface area (Å²) in [6, 6.07) is 19.0. The summed E-state index contributed by atoms with van der Waals surface area (Å²) < 4.78 is 0. The highest BCUT2D eigenvalue weighted by Crippen LogP contribution is 2.05. The van der Waals surface area contributed by atoms with E-state index in [0.29, 0.717) is 0 Å². The lowest BCUT2D eigenvalue weighted by atomic mass is 10.1. The second kappa shape index (κ2) is 11.9. The number of nitrogens with one attached hydrogen (secondary N) is 1. The number of unbranched alkanes of at least 4 members (excludes halogenated alkanes) is 1. The molecule has 23 heavy (non-hydrogen) atoms. The van der Waals surface area contributed by atoms with Crippen LogP contribution in [-0.4, -0.2) is 25.5 Å². The number of aryl methyl sites for hydroxylation is 1. The number of benzene rings is 2. The number of hydrogen-bond donors (Lipinski definition) is 1. The third-order valence-electron chi connectivity index (χ3n) is 3.82. The fourth-order valence-electron chi connectivity index (χ4n) is 2.40. The van der Waals surface area contributed by atoms with Gasteiger partial charge in [-0.05, 0) is 50.7 Å². The topological polar surface area (TPSA) is 15.3 Å². The van der Waals surface area contributed by atoms with Gasteiger partial charge in [0.25, 0.3) is 0 Å². The van der Waals surface area contributed by atoms with Crippen molar-refractivity contribution >= 4 is 0 Å². The van der Waals surface area contributed by atoms with Gasteiger partial charge < -0.3 is 10.2 Å². The van der Waals surface area contributed by atoms with Crippen LogP contribution in [-0.2, 0) is 13.1 Å². The molecule has 0 fully saturated rings. The van der Waals surface area contributed by atoms with Crippen molar-refractivity contribution in [2.45, 2.75) is 39.8 Å². The zero-order valence-corrected chi connectivity index (χ0v) is 15.2. The van der Waals surface area contributed by atoms with Gasteiger partial charge in [-0.3, -0.25) is 0 Å². The molecule has 0 aliphatic heterocycles. The first kappa shape index (κ1) is 19.4. The summed E-state index contributed by atoms with van der Waals surface area (Å²) in [5.41, 5.74) is 4.14. The lowest BCUT2D eigenvalue weighted by Crippen LogP contribution is -2.18. The van der Waals surface area contributed by atoms with Crippen LogP contribution in [0.2, 0.25) is 0 Å². The van der Waals surface area contributed by atoms with Gasteiger partial charge in [0.05, 0.1) is 0 Å². The van der Waals surface area contributed by atoms with Gasteiger partial charge in [0, 0.05) is 13.1 Å². The Morgan fingerprint density at radius 2 is 1.61 bits per heavy atom. The standard InChI is InChI=1S/C12H19N.C9H13N/c1-3-4-10-13(2)11-12-8-6-5-7-9-12;1-8-5-3-4-6-9(8)7-10-2/h5-9H,3-4,10-11H2,1-2H3;3-6,10H,7H2,1-2H3. The maximum Gasteiger partial charge on any atom is 0.0230 e. The lowest BCUT2D eigenvalue weighted by molar-refractivity contribution is 0.321. The van der Waals surface area contributed by atoms with Crippen LogP contribution in [0.4, 0.5) is 0 Å². The van der Waals surface area contributed by atoms with Gasteiger partial charge in [0.2, 0.25) is 0 Å². The van der Waals surface area contributed by atoms with E-state index in [2.05, 4.69) is 85.7 Å². The van der Waals surface area contributed by atoms with Crippen molar-refractivity contribution < 1.29 is 0 Å². The van der Waals surface area contributed by atoms with Gasteiger partial charge in [-0.1, -0.05) is 67.9 Å². The van der Waals surface area contributed by atoms with Gasteiger partial charge >= 0.3 is 0 Å².